The Balaban J connectivity index is 1.74. The van der Waals surface area contributed by atoms with Crippen molar-refractivity contribution in [3.05, 3.63) is 63.6 Å². The first-order chi connectivity index (χ1) is 12.5. The first-order valence-electron chi connectivity index (χ1n) is 8.54. The zero-order chi connectivity index (χ0) is 18.9. The third-order valence-electron chi connectivity index (χ3n) is 3.91. The van der Waals surface area contributed by atoms with Crippen LogP contribution in [0.25, 0.3) is 0 Å². The van der Waals surface area contributed by atoms with E-state index in [1.54, 1.807) is 7.05 Å². The Hall–Kier alpha value is -2.34. The fourth-order valence-electron chi connectivity index (χ4n) is 2.39. The molecular formula is C20H25BrN4O. The lowest BCUT2D eigenvalue weighted by atomic mass is 10.1. The zero-order valence-corrected chi connectivity index (χ0v) is 17.0. The minimum Gasteiger partial charge on any atom is -0.356 e. The summed E-state index contributed by atoms with van der Waals surface area (Å²) in [5.41, 5.74) is 4.28. The molecule has 0 saturated heterocycles. The molecule has 0 radical (unpaired) electrons. The quantitative estimate of drug-likeness (QED) is 0.496. The summed E-state index contributed by atoms with van der Waals surface area (Å²) in [7, 11) is 1.72. The van der Waals surface area contributed by atoms with Crippen LogP contribution in [-0.2, 0) is 11.3 Å². The summed E-state index contributed by atoms with van der Waals surface area (Å²) in [4.78, 5) is 16.3. The second kappa shape index (κ2) is 9.97. The van der Waals surface area contributed by atoms with Crippen LogP contribution in [0.5, 0.6) is 0 Å². The largest absolute Gasteiger partial charge is 0.356 e. The number of rotatable bonds is 6. The molecule has 0 fully saturated rings. The maximum absolute atomic E-state index is 12.1. The SMILES string of the molecule is CN=C(NCCC(=O)Nc1ccc(Br)cc1C)NCc1ccc(C)cc1. The number of hydrogen-bond acceptors (Lipinski definition) is 2. The van der Waals surface area contributed by atoms with Gasteiger partial charge in [0.1, 0.15) is 0 Å². The van der Waals surface area contributed by atoms with Crippen LogP contribution in [-0.4, -0.2) is 25.5 Å². The molecule has 0 heterocycles. The molecule has 138 valence electrons. The molecule has 1 amide bonds. The van der Waals surface area contributed by atoms with Crippen LogP contribution in [0.2, 0.25) is 0 Å². The molecular weight excluding hydrogens is 392 g/mol. The van der Waals surface area contributed by atoms with E-state index in [1.807, 2.05) is 25.1 Å². The average molecular weight is 417 g/mol. The Bertz CT molecular complexity index is 772. The van der Waals surface area contributed by atoms with Gasteiger partial charge in [-0.15, -0.1) is 0 Å². The third kappa shape index (κ3) is 6.52. The normalized spacial score (nSPS) is 11.2. The number of carbonyl (C=O) groups excluding carboxylic acids is 1. The van der Waals surface area contributed by atoms with Gasteiger partial charge in [0.15, 0.2) is 5.96 Å². The van der Waals surface area contributed by atoms with Crippen molar-refractivity contribution in [2.75, 3.05) is 18.9 Å². The second-order valence-electron chi connectivity index (χ2n) is 6.10. The molecule has 2 aromatic rings. The number of aliphatic imine (C=N–C) groups is 1. The topological polar surface area (TPSA) is 65.5 Å². The highest BCUT2D eigenvalue weighted by molar-refractivity contribution is 9.10. The minimum absolute atomic E-state index is 0.0306. The maximum atomic E-state index is 12.1. The van der Waals surface area contributed by atoms with E-state index in [2.05, 4.69) is 68.1 Å². The molecule has 26 heavy (non-hydrogen) atoms. The summed E-state index contributed by atoms with van der Waals surface area (Å²) in [6.07, 6.45) is 0.362. The summed E-state index contributed by atoms with van der Waals surface area (Å²) in [6.45, 7) is 5.23. The Morgan fingerprint density at radius 1 is 1.08 bits per heavy atom. The summed E-state index contributed by atoms with van der Waals surface area (Å²) in [5, 5.41) is 9.34. The summed E-state index contributed by atoms with van der Waals surface area (Å²) in [6, 6.07) is 14.1. The molecule has 0 bridgehead atoms. The van der Waals surface area contributed by atoms with Gasteiger partial charge in [-0.2, -0.15) is 0 Å². The van der Waals surface area contributed by atoms with E-state index in [0.717, 1.165) is 15.7 Å². The van der Waals surface area contributed by atoms with Gasteiger partial charge in [0.05, 0.1) is 0 Å². The van der Waals surface area contributed by atoms with E-state index in [1.165, 1.54) is 11.1 Å². The lowest BCUT2D eigenvalue weighted by Crippen LogP contribution is -2.38. The van der Waals surface area contributed by atoms with Gasteiger partial charge in [0.2, 0.25) is 5.91 Å². The summed E-state index contributed by atoms with van der Waals surface area (Å²) >= 11 is 3.42. The third-order valence-corrected chi connectivity index (χ3v) is 4.40. The Labute approximate surface area is 163 Å². The van der Waals surface area contributed by atoms with Gasteiger partial charge in [-0.05, 0) is 43.2 Å². The van der Waals surface area contributed by atoms with Crippen LogP contribution in [0.3, 0.4) is 0 Å². The molecule has 0 aliphatic heterocycles. The van der Waals surface area contributed by atoms with E-state index >= 15 is 0 Å². The first-order valence-corrected chi connectivity index (χ1v) is 9.33. The van der Waals surface area contributed by atoms with Crippen molar-refractivity contribution in [3.8, 4) is 0 Å². The predicted molar refractivity (Wildman–Crippen MR) is 112 cm³/mol. The Morgan fingerprint density at radius 3 is 2.46 bits per heavy atom. The monoisotopic (exact) mass is 416 g/mol. The number of benzene rings is 2. The molecule has 5 nitrogen and oxygen atoms in total. The fraction of sp³-hybridized carbons (Fsp3) is 0.300. The standard InChI is InChI=1S/C20H25BrN4O/c1-14-4-6-16(7-5-14)13-24-20(22-3)23-11-10-19(26)25-18-9-8-17(21)12-15(18)2/h4-9,12H,10-11,13H2,1-3H3,(H,25,26)(H2,22,23,24). The van der Waals surface area contributed by atoms with Crippen molar-refractivity contribution in [3.63, 3.8) is 0 Å². The molecule has 0 atom stereocenters. The van der Waals surface area contributed by atoms with Crippen molar-refractivity contribution >= 4 is 33.5 Å². The first kappa shape index (κ1) is 20.0. The van der Waals surface area contributed by atoms with Gasteiger partial charge in [-0.1, -0.05) is 45.8 Å². The van der Waals surface area contributed by atoms with Gasteiger partial charge in [0, 0.05) is 36.7 Å². The van der Waals surface area contributed by atoms with Gasteiger partial charge in [0.25, 0.3) is 0 Å². The van der Waals surface area contributed by atoms with Crippen LogP contribution in [0.4, 0.5) is 5.69 Å². The zero-order valence-electron chi connectivity index (χ0n) is 15.4. The van der Waals surface area contributed by atoms with Gasteiger partial charge in [-0.25, -0.2) is 0 Å². The van der Waals surface area contributed by atoms with Crippen LogP contribution in [0, 0.1) is 13.8 Å². The number of carbonyl (C=O) groups is 1. The average Bonchev–Trinajstić information content (AvgIpc) is 2.61. The molecule has 0 aromatic heterocycles. The highest BCUT2D eigenvalue weighted by Crippen LogP contribution is 2.20. The number of amides is 1. The van der Waals surface area contributed by atoms with Crippen molar-refractivity contribution in [1.29, 1.82) is 0 Å². The number of aryl methyl sites for hydroxylation is 2. The Morgan fingerprint density at radius 2 is 1.81 bits per heavy atom. The van der Waals surface area contributed by atoms with Gasteiger partial charge >= 0.3 is 0 Å². The highest BCUT2D eigenvalue weighted by atomic mass is 79.9. The number of guanidine groups is 1. The molecule has 0 unspecified atom stereocenters. The van der Waals surface area contributed by atoms with Gasteiger partial charge in [-0.3, -0.25) is 9.79 Å². The van der Waals surface area contributed by atoms with Crippen molar-refractivity contribution in [2.45, 2.75) is 26.8 Å². The minimum atomic E-state index is -0.0306. The number of hydrogen-bond donors (Lipinski definition) is 3. The molecule has 0 spiro atoms. The van der Waals surface area contributed by atoms with Crippen molar-refractivity contribution in [2.24, 2.45) is 4.99 Å². The lowest BCUT2D eigenvalue weighted by molar-refractivity contribution is -0.116. The van der Waals surface area contributed by atoms with Crippen molar-refractivity contribution in [1.82, 2.24) is 10.6 Å². The summed E-state index contributed by atoms with van der Waals surface area (Å²) in [5.74, 6) is 0.648. The number of halogens is 1. The van der Waals surface area contributed by atoms with Gasteiger partial charge < -0.3 is 16.0 Å². The Kier molecular flexibility index (Phi) is 7.66. The molecule has 0 saturated carbocycles. The van der Waals surface area contributed by atoms with E-state index < -0.39 is 0 Å². The smallest absolute Gasteiger partial charge is 0.226 e. The van der Waals surface area contributed by atoms with E-state index in [9.17, 15) is 4.79 Å². The fourth-order valence-corrected chi connectivity index (χ4v) is 2.86. The second-order valence-corrected chi connectivity index (χ2v) is 7.01. The number of nitrogens with one attached hydrogen (secondary N) is 3. The summed E-state index contributed by atoms with van der Waals surface area (Å²) < 4.78 is 0.998. The van der Waals surface area contributed by atoms with Crippen LogP contribution >= 0.6 is 15.9 Å². The van der Waals surface area contributed by atoms with E-state index in [-0.39, 0.29) is 5.91 Å². The lowest BCUT2D eigenvalue weighted by Gasteiger charge is -2.13. The van der Waals surface area contributed by atoms with Crippen LogP contribution < -0.4 is 16.0 Å². The van der Waals surface area contributed by atoms with Crippen molar-refractivity contribution < 1.29 is 4.79 Å². The van der Waals surface area contributed by atoms with Crippen LogP contribution in [0.15, 0.2) is 51.9 Å². The number of anilines is 1. The molecule has 6 heteroatoms. The predicted octanol–water partition coefficient (Wildman–Crippen LogP) is 3.76. The molecule has 2 rings (SSSR count). The molecule has 2 aromatic carbocycles. The maximum Gasteiger partial charge on any atom is 0.226 e. The number of nitrogens with zero attached hydrogens (tertiary/aromatic N) is 1. The highest BCUT2D eigenvalue weighted by Gasteiger charge is 2.06. The van der Waals surface area contributed by atoms with E-state index in [0.29, 0.717) is 25.5 Å². The molecule has 0 aliphatic carbocycles. The van der Waals surface area contributed by atoms with Crippen LogP contribution in [0.1, 0.15) is 23.1 Å². The molecule has 0 aliphatic rings. The molecule has 3 N–H and O–H groups in total. The van der Waals surface area contributed by atoms with E-state index in [4.69, 9.17) is 0 Å².